The van der Waals surface area contributed by atoms with E-state index in [9.17, 15) is 9.59 Å². The van der Waals surface area contributed by atoms with Crippen molar-refractivity contribution in [2.45, 2.75) is 38.3 Å². The van der Waals surface area contributed by atoms with Crippen LogP contribution in [-0.2, 0) is 9.59 Å². The van der Waals surface area contributed by atoms with Crippen molar-refractivity contribution in [3.05, 3.63) is 35.9 Å². The summed E-state index contributed by atoms with van der Waals surface area (Å²) in [5.74, 6) is -0.853. The van der Waals surface area contributed by atoms with Gasteiger partial charge in [0, 0.05) is 6.04 Å². The Labute approximate surface area is 125 Å². The van der Waals surface area contributed by atoms with Gasteiger partial charge in [0.25, 0.3) is 0 Å². The number of hydrogen-bond acceptors (Lipinski definition) is 3. The molecule has 2 atom stereocenters. The number of likely N-dealkylation sites (tertiary alicyclic amines) is 1. The average Bonchev–Trinajstić information content (AvgIpc) is 2.86. The van der Waals surface area contributed by atoms with Gasteiger partial charge in [-0.25, -0.2) is 0 Å². The van der Waals surface area contributed by atoms with Crippen molar-refractivity contribution in [2.75, 3.05) is 13.1 Å². The fourth-order valence-electron chi connectivity index (χ4n) is 2.83. The molecule has 2 unspecified atom stereocenters. The van der Waals surface area contributed by atoms with Gasteiger partial charge in [-0.1, -0.05) is 30.3 Å². The molecular weight excluding hydrogens is 268 g/mol. The lowest BCUT2D eigenvalue weighted by atomic mass is 10.1. The largest absolute Gasteiger partial charge is 0.481 e. The maximum absolute atomic E-state index is 12.1. The number of nitrogens with one attached hydrogen (secondary N) is 1. The molecular formula is C16H22N2O3. The van der Waals surface area contributed by atoms with E-state index < -0.39 is 5.97 Å². The zero-order valence-electron chi connectivity index (χ0n) is 12.3. The molecule has 2 rings (SSSR count). The fourth-order valence-corrected chi connectivity index (χ4v) is 2.83. The van der Waals surface area contributed by atoms with Gasteiger partial charge in [0.2, 0.25) is 5.91 Å². The highest BCUT2D eigenvalue weighted by atomic mass is 16.4. The molecule has 1 aliphatic rings. The Morgan fingerprint density at radius 2 is 2.10 bits per heavy atom. The molecule has 2 N–H and O–H groups in total. The van der Waals surface area contributed by atoms with E-state index >= 15 is 0 Å². The predicted molar refractivity (Wildman–Crippen MR) is 79.8 cm³/mol. The van der Waals surface area contributed by atoms with E-state index in [0.717, 1.165) is 24.9 Å². The van der Waals surface area contributed by atoms with Crippen LogP contribution >= 0.6 is 0 Å². The topological polar surface area (TPSA) is 69.6 Å². The lowest BCUT2D eigenvalue weighted by Gasteiger charge is -2.23. The first-order chi connectivity index (χ1) is 10.1. The van der Waals surface area contributed by atoms with Crippen LogP contribution in [0.3, 0.4) is 0 Å². The molecule has 0 aliphatic carbocycles. The fraction of sp³-hybridized carbons (Fsp3) is 0.500. The minimum atomic E-state index is -0.801. The maximum Gasteiger partial charge on any atom is 0.304 e. The number of carbonyl (C=O) groups is 2. The first-order valence-electron chi connectivity index (χ1n) is 7.36. The Bertz CT molecular complexity index is 490. The second-order valence-corrected chi connectivity index (χ2v) is 5.56. The minimum Gasteiger partial charge on any atom is -0.481 e. The zero-order valence-corrected chi connectivity index (χ0v) is 12.3. The van der Waals surface area contributed by atoms with E-state index in [1.165, 1.54) is 0 Å². The maximum atomic E-state index is 12.1. The van der Waals surface area contributed by atoms with E-state index in [2.05, 4.69) is 5.32 Å². The number of benzene rings is 1. The molecule has 0 bridgehead atoms. The van der Waals surface area contributed by atoms with Gasteiger partial charge in [0.05, 0.1) is 19.0 Å². The van der Waals surface area contributed by atoms with Crippen molar-refractivity contribution in [1.29, 1.82) is 0 Å². The Kier molecular flexibility index (Phi) is 5.33. The minimum absolute atomic E-state index is 0.0136. The van der Waals surface area contributed by atoms with Crippen LogP contribution in [0.5, 0.6) is 0 Å². The number of carboxylic acids is 1. The van der Waals surface area contributed by atoms with Gasteiger partial charge in [-0.15, -0.1) is 0 Å². The number of carbonyl (C=O) groups excluding carboxylic acids is 1. The van der Waals surface area contributed by atoms with Crippen LogP contribution in [0, 0.1) is 0 Å². The molecule has 1 amide bonds. The number of aliphatic carboxylic acids is 1. The second kappa shape index (κ2) is 7.22. The summed E-state index contributed by atoms with van der Waals surface area (Å²) in [5.41, 5.74) is 1.06. The Balaban J connectivity index is 1.85. The molecule has 21 heavy (non-hydrogen) atoms. The molecule has 1 aromatic carbocycles. The highest BCUT2D eigenvalue weighted by Gasteiger charge is 2.28. The number of amides is 1. The third-order valence-corrected chi connectivity index (χ3v) is 3.93. The summed E-state index contributed by atoms with van der Waals surface area (Å²) in [6.07, 6.45) is 1.93. The van der Waals surface area contributed by atoms with Gasteiger partial charge < -0.3 is 10.4 Å². The smallest absolute Gasteiger partial charge is 0.304 e. The second-order valence-electron chi connectivity index (χ2n) is 5.56. The number of nitrogens with zero attached hydrogens (tertiary/aromatic N) is 1. The molecule has 1 aromatic rings. The van der Waals surface area contributed by atoms with Crippen LogP contribution in [0.4, 0.5) is 0 Å². The summed E-state index contributed by atoms with van der Waals surface area (Å²) in [4.78, 5) is 24.9. The molecule has 0 saturated carbocycles. The predicted octanol–water partition coefficient (Wildman–Crippen LogP) is 1.80. The summed E-state index contributed by atoms with van der Waals surface area (Å²) in [6, 6.07) is 9.74. The van der Waals surface area contributed by atoms with Crippen molar-refractivity contribution in [3.8, 4) is 0 Å². The first kappa shape index (κ1) is 15.5. The standard InChI is InChI=1S/C16H22N2O3/c1-12(13-6-3-2-4-7-13)17-15(19)11-18-9-5-8-14(18)10-16(20)21/h2-4,6-7,12,14H,5,8-11H2,1H3,(H,17,19)(H,20,21). The van der Waals surface area contributed by atoms with Crippen molar-refractivity contribution >= 4 is 11.9 Å². The van der Waals surface area contributed by atoms with E-state index in [-0.39, 0.29) is 31.0 Å². The Morgan fingerprint density at radius 1 is 1.38 bits per heavy atom. The van der Waals surface area contributed by atoms with E-state index in [4.69, 9.17) is 5.11 Å². The third-order valence-electron chi connectivity index (χ3n) is 3.93. The third kappa shape index (κ3) is 4.56. The van der Waals surface area contributed by atoms with Gasteiger partial charge in [-0.3, -0.25) is 14.5 Å². The lowest BCUT2D eigenvalue weighted by molar-refractivity contribution is -0.138. The number of rotatable bonds is 6. The van der Waals surface area contributed by atoms with Gasteiger partial charge in [-0.2, -0.15) is 0 Å². The van der Waals surface area contributed by atoms with Gasteiger partial charge in [-0.05, 0) is 31.9 Å². The molecule has 0 aromatic heterocycles. The number of hydrogen-bond donors (Lipinski definition) is 2. The zero-order chi connectivity index (χ0) is 15.2. The molecule has 1 heterocycles. The molecule has 1 aliphatic heterocycles. The monoisotopic (exact) mass is 290 g/mol. The van der Waals surface area contributed by atoms with Crippen molar-refractivity contribution in [2.24, 2.45) is 0 Å². The summed E-state index contributed by atoms with van der Waals surface area (Å²) >= 11 is 0. The highest BCUT2D eigenvalue weighted by Crippen LogP contribution is 2.20. The van der Waals surface area contributed by atoms with Crippen LogP contribution in [0.25, 0.3) is 0 Å². The molecule has 1 fully saturated rings. The van der Waals surface area contributed by atoms with Crippen LogP contribution in [0.1, 0.15) is 37.8 Å². The van der Waals surface area contributed by atoms with Crippen LogP contribution in [0.15, 0.2) is 30.3 Å². The van der Waals surface area contributed by atoms with E-state index in [1.54, 1.807) is 0 Å². The van der Waals surface area contributed by atoms with Crippen LogP contribution in [-0.4, -0.2) is 41.0 Å². The molecule has 5 nitrogen and oxygen atoms in total. The molecule has 114 valence electrons. The molecule has 1 saturated heterocycles. The van der Waals surface area contributed by atoms with Crippen LogP contribution < -0.4 is 5.32 Å². The van der Waals surface area contributed by atoms with Gasteiger partial charge in [0.1, 0.15) is 0 Å². The Morgan fingerprint density at radius 3 is 2.76 bits per heavy atom. The van der Waals surface area contributed by atoms with Gasteiger partial charge >= 0.3 is 5.97 Å². The molecule has 0 spiro atoms. The first-order valence-corrected chi connectivity index (χ1v) is 7.36. The van der Waals surface area contributed by atoms with E-state index in [1.807, 2.05) is 42.2 Å². The summed E-state index contributed by atoms with van der Waals surface area (Å²) in [5, 5.41) is 11.9. The van der Waals surface area contributed by atoms with Crippen molar-refractivity contribution in [1.82, 2.24) is 10.2 Å². The quantitative estimate of drug-likeness (QED) is 0.838. The van der Waals surface area contributed by atoms with Crippen molar-refractivity contribution < 1.29 is 14.7 Å². The van der Waals surface area contributed by atoms with Crippen molar-refractivity contribution in [3.63, 3.8) is 0 Å². The highest BCUT2D eigenvalue weighted by molar-refractivity contribution is 5.78. The van der Waals surface area contributed by atoms with E-state index in [0.29, 0.717) is 0 Å². The number of carboxylic acid groups (broad SMARTS) is 1. The van der Waals surface area contributed by atoms with Crippen LogP contribution in [0.2, 0.25) is 0 Å². The summed E-state index contributed by atoms with van der Waals surface area (Å²) in [7, 11) is 0. The Hall–Kier alpha value is -1.88. The molecule has 0 radical (unpaired) electrons. The average molecular weight is 290 g/mol. The lowest BCUT2D eigenvalue weighted by Crippen LogP contribution is -2.41. The molecule has 5 heteroatoms. The normalized spacial score (nSPS) is 20.1. The summed E-state index contributed by atoms with van der Waals surface area (Å²) < 4.78 is 0. The van der Waals surface area contributed by atoms with Gasteiger partial charge in [0.15, 0.2) is 0 Å². The summed E-state index contributed by atoms with van der Waals surface area (Å²) in [6.45, 7) is 3.02. The SMILES string of the molecule is CC(NC(=O)CN1CCCC1CC(=O)O)c1ccccc1.